The minimum Gasteiger partial charge on any atom is -0.369 e. The van der Waals surface area contributed by atoms with E-state index in [1.165, 1.54) is 12.8 Å². The van der Waals surface area contributed by atoms with Crippen molar-refractivity contribution in [2.24, 2.45) is 17.6 Å². The first-order valence-electron chi connectivity index (χ1n) is 4.83. The summed E-state index contributed by atoms with van der Waals surface area (Å²) in [7, 11) is 0. The number of rotatable bonds is 1. The first-order valence-corrected chi connectivity index (χ1v) is 4.83. The normalized spacial score (nSPS) is 17.3. The molecule has 12 heavy (non-hydrogen) atoms. The molecule has 2 nitrogen and oxygen atoms in total. The van der Waals surface area contributed by atoms with Gasteiger partial charge in [0.15, 0.2) is 0 Å². The highest BCUT2D eigenvalue weighted by Gasteiger charge is 2.19. The van der Waals surface area contributed by atoms with Crippen molar-refractivity contribution in [3.05, 3.63) is 0 Å². The third kappa shape index (κ3) is 6.20. The van der Waals surface area contributed by atoms with Crippen molar-refractivity contribution in [2.45, 2.75) is 46.5 Å². The number of carbonyl (C=O) groups is 1. The van der Waals surface area contributed by atoms with Crippen LogP contribution in [0.25, 0.3) is 0 Å². The summed E-state index contributed by atoms with van der Waals surface area (Å²) in [6.07, 6.45) is 4.42. The molecule has 0 atom stereocenters. The van der Waals surface area contributed by atoms with Crippen LogP contribution in [0.3, 0.4) is 0 Å². The molecule has 1 aliphatic rings. The molecular formula is C10H21NO. The average molecular weight is 171 g/mol. The largest absolute Gasteiger partial charge is 0.369 e. The van der Waals surface area contributed by atoms with Crippen molar-refractivity contribution >= 4 is 5.91 Å². The first kappa shape index (κ1) is 11.5. The van der Waals surface area contributed by atoms with Crippen LogP contribution in [0.1, 0.15) is 46.5 Å². The molecule has 0 saturated heterocycles. The topological polar surface area (TPSA) is 43.1 Å². The third-order valence-corrected chi connectivity index (χ3v) is 1.76. The van der Waals surface area contributed by atoms with Gasteiger partial charge in [0, 0.05) is 5.92 Å². The molecule has 0 heterocycles. The van der Waals surface area contributed by atoms with Crippen molar-refractivity contribution in [2.75, 3.05) is 0 Å². The highest BCUT2D eigenvalue weighted by atomic mass is 16.1. The fourth-order valence-electron chi connectivity index (χ4n) is 1.21. The van der Waals surface area contributed by atoms with E-state index in [0.29, 0.717) is 0 Å². The molecule has 0 unspecified atom stereocenters. The molecule has 1 saturated carbocycles. The SMILES string of the molecule is CC(C)C.NC(=O)C1CCCC1. The van der Waals surface area contributed by atoms with Crippen LogP contribution in [0, 0.1) is 11.8 Å². The summed E-state index contributed by atoms with van der Waals surface area (Å²) in [5.41, 5.74) is 5.06. The quantitative estimate of drug-likeness (QED) is 0.646. The molecule has 72 valence electrons. The molecule has 0 aliphatic heterocycles. The van der Waals surface area contributed by atoms with Crippen molar-refractivity contribution in [1.29, 1.82) is 0 Å². The molecule has 1 rings (SSSR count). The monoisotopic (exact) mass is 171 g/mol. The van der Waals surface area contributed by atoms with Crippen LogP contribution in [0.5, 0.6) is 0 Å². The van der Waals surface area contributed by atoms with Crippen LogP contribution in [0.4, 0.5) is 0 Å². The molecule has 1 aliphatic carbocycles. The number of amides is 1. The summed E-state index contributed by atoms with van der Waals surface area (Å²) in [6.45, 7) is 6.50. The van der Waals surface area contributed by atoms with Gasteiger partial charge in [-0.3, -0.25) is 4.79 Å². The lowest BCUT2D eigenvalue weighted by atomic mass is 10.1. The minimum atomic E-state index is -0.109. The smallest absolute Gasteiger partial charge is 0.220 e. The third-order valence-electron chi connectivity index (χ3n) is 1.76. The average Bonchev–Trinajstić information content (AvgIpc) is 2.34. The van der Waals surface area contributed by atoms with Gasteiger partial charge in [0.1, 0.15) is 0 Å². The highest BCUT2D eigenvalue weighted by molar-refractivity contribution is 5.76. The zero-order valence-electron chi connectivity index (χ0n) is 8.47. The van der Waals surface area contributed by atoms with Gasteiger partial charge < -0.3 is 5.73 Å². The molecule has 0 aromatic heterocycles. The van der Waals surface area contributed by atoms with Gasteiger partial charge in [-0.25, -0.2) is 0 Å². The van der Waals surface area contributed by atoms with Gasteiger partial charge in [-0.1, -0.05) is 33.6 Å². The molecule has 0 aromatic rings. The van der Waals surface area contributed by atoms with Crippen LogP contribution >= 0.6 is 0 Å². The van der Waals surface area contributed by atoms with E-state index in [2.05, 4.69) is 20.8 Å². The summed E-state index contributed by atoms with van der Waals surface area (Å²) in [5.74, 6) is 0.928. The maximum Gasteiger partial charge on any atom is 0.220 e. The van der Waals surface area contributed by atoms with E-state index in [1.807, 2.05) is 0 Å². The Morgan fingerprint density at radius 3 is 1.75 bits per heavy atom. The zero-order chi connectivity index (χ0) is 9.56. The van der Waals surface area contributed by atoms with E-state index >= 15 is 0 Å². The second-order valence-corrected chi connectivity index (χ2v) is 4.12. The maximum absolute atomic E-state index is 10.4. The van der Waals surface area contributed by atoms with Gasteiger partial charge in [-0.15, -0.1) is 0 Å². The summed E-state index contributed by atoms with van der Waals surface area (Å²) in [6, 6.07) is 0. The lowest BCUT2D eigenvalue weighted by Gasteiger charge is -1.98. The van der Waals surface area contributed by atoms with Crippen molar-refractivity contribution in [3.63, 3.8) is 0 Å². The molecule has 0 radical (unpaired) electrons. The summed E-state index contributed by atoms with van der Waals surface area (Å²) < 4.78 is 0. The fourth-order valence-corrected chi connectivity index (χ4v) is 1.21. The van der Waals surface area contributed by atoms with E-state index in [-0.39, 0.29) is 11.8 Å². The van der Waals surface area contributed by atoms with Gasteiger partial charge >= 0.3 is 0 Å². The molecule has 2 heteroatoms. The van der Waals surface area contributed by atoms with Gasteiger partial charge in [0.25, 0.3) is 0 Å². The summed E-state index contributed by atoms with van der Waals surface area (Å²) in [5, 5.41) is 0. The Hall–Kier alpha value is -0.530. The van der Waals surface area contributed by atoms with Crippen LogP contribution < -0.4 is 5.73 Å². The van der Waals surface area contributed by atoms with Crippen LogP contribution in [-0.2, 0) is 4.79 Å². The molecule has 0 bridgehead atoms. The van der Waals surface area contributed by atoms with E-state index in [9.17, 15) is 4.79 Å². The number of hydrogen-bond donors (Lipinski definition) is 1. The van der Waals surface area contributed by atoms with Gasteiger partial charge in [-0.2, -0.15) is 0 Å². The highest BCUT2D eigenvalue weighted by Crippen LogP contribution is 2.23. The number of carbonyl (C=O) groups excluding carboxylic acids is 1. The Bertz CT molecular complexity index is 123. The predicted molar refractivity (Wildman–Crippen MR) is 51.7 cm³/mol. The van der Waals surface area contributed by atoms with E-state index < -0.39 is 0 Å². The van der Waals surface area contributed by atoms with E-state index in [4.69, 9.17) is 5.73 Å². The van der Waals surface area contributed by atoms with E-state index in [0.717, 1.165) is 18.8 Å². The predicted octanol–water partition coefficient (Wildman–Crippen LogP) is 2.32. The van der Waals surface area contributed by atoms with Crippen LogP contribution in [-0.4, -0.2) is 5.91 Å². The second kappa shape index (κ2) is 6.04. The Morgan fingerprint density at radius 2 is 1.58 bits per heavy atom. The van der Waals surface area contributed by atoms with Crippen LogP contribution in [0.2, 0.25) is 0 Å². The minimum absolute atomic E-state index is 0.109. The van der Waals surface area contributed by atoms with Crippen molar-refractivity contribution in [3.8, 4) is 0 Å². The van der Waals surface area contributed by atoms with Crippen LogP contribution in [0.15, 0.2) is 0 Å². The van der Waals surface area contributed by atoms with E-state index in [1.54, 1.807) is 0 Å². The summed E-state index contributed by atoms with van der Waals surface area (Å²) in [4.78, 5) is 10.4. The Kier molecular flexibility index (Phi) is 5.77. The van der Waals surface area contributed by atoms with Crippen molar-refractivity contribution in [1.82, 2.24) is 0 Å². The molecule has 2 N–H and O–H groups in total. The Morgan fingerprint density at radius 1 is 1.25 bits per heavy atom. The second-order valence-electron chi connectivity index (χ2n) is 4.12. The number of primary amides is 1. The molecule has 1 fully saturated rings. The Labute approximate surface area is 75.5 Å². The lowest BCUT2D eigenvalue weighted by Crippen LogP contribution is -2.19. The van der Waals surface area contributed by atoms with Crippen molar-refractivity contribution < 1.29 is 4.79 Å². The molecule has 0 aromatic carbocycles. The zero-order valence-corrected chi connectivity index (χ0v) is 8.47. The maximum atomic E-state index is 10.4. The van der Waals surface area contributed by atoms with Gasteiger partial charge in [0.2, 0.25) is 5.91 Å². The number of nitrogens with two attached hydrogens (primary N) is 1. The Balaban J connectivity index is 0.000000261. The number of hydrogen-bond acceptors (Lipinski definition) is 1. The molecule has 1 amide bonds. The molecular weight excluding hydrogens is 150 g/mol. The molecule has 0 spiro atoms. The standard InChI is InChI=1S/C6H11NO.C4H10/c7-6(8)5-3-1-2-4-5;1-4(2)3/h5H,1-4H2,(H2,7,8);4H,1-3H3. The first-order chi connectivity index (χ1) is 5.54. The van der Waals surface area contributed by atoms with Gasteiger partial charge in [-0.05, 0) is 18.8 Å². The fraction of sp³-hybridized carbons (Fsp3) is 0.900. The summed E-state index contributed by atoms with van der Waals surface area (Å²) >= 11 is 0. The lowest BCUT2D eigenvalue weighted by molar-refractivity contribution is -0.121. The van der Waals surface area contributed by atoms with Gasteiger partial charge in [0.05, 0.1) is 0 Å².